The number of rotatable bonds is 7. The number of nitrogens with one attached hydrogen (secondary N) is 2. The van der Waals surface area contributed by atoms with E-state index in [1.807, 2.05) is 12.1 Å². The van der Waals surface area contributed by atoms with E-state index in [4.69, 9.17) is 4.74 Å². The predicted octanol–water partition coefficient (Wildman–Crippen LogP) is 1.90. The monoisotopic (exact) mass is 525 g/mol. The van der Waals surface area contributed by atoms with Crippen LogP contribution in [0.2, 0.25) is 0 Å². The van der Waals surface area contributed by atoms with Crippen molar-refractivity contribution in [2.24, 2.45) is 4.99 Å². The second kappa shape index (κ2) is 12.5. The molecule has 1 saturated heterocycles. The van der Waals surface area contributed by atoms with Crippen LogP contribution in [0.4, 0.5) is 5.95 Å². The Balaban J connectivity index is 0.00000320. The summed E-state index contributed by atoms with van der Waals surface area (Å²) in [5, 5.41) is 6.76. The van der Waals surface area contributed by atoms with Gasteiger partial charge in [0.15, 0.2) is 5.96 Å². The van der Waals surface area contributed by atoms with Crippen molar-refractivity contribution in [1.82, 2.24) is 25.5 Å². The van der Waals surface area contributed by atoms with Crippen molar-refractivity contribution in [1.29, 1.82) is 0 Å². The Morgan fingerprint density at radius 3 is 2.53 bits per heavy atom. The fourth-order valence-corrected chi connectivity index (χ4v) is 3.36. The van der Waals surface area contributed by atoms with Gasteiger partial charge in [-0.25, -0.2) is 9.97 Å². The minimum atomic E-state index is 0. The zero-order valence-electron chi connectivity index (χ0n) is 18.0. The first kappa shape index (κ1) is 24.1. The van der Waals surface area contributed by atoms with Gasteiger partial charge in [-0.05, 0) is 24.6 Å². The van der Waals surface area contributed by atoms with Gasteiger partial charge < -0.3 is 20.3 Å². The van der Waals surface area contributed by atoms with Gasteiger partial charge in [0.25, 0.3) is 0 Å². The first-order valence-corrected chi connectivity index (χ1v) is 10.0. The quantitative estimate of drug-likeness (QED) is 0.325. The van der Waals surface area contributed by atoms with Gasteiger partial charge >= 0.3 is 0 Å². The molecule has 2 aromatic rings. The second-order valence-corrected chi connectivity index (χ2v) is 7.05. The molecule has 0 bridgehead atoms. The number of halogens is 1. The van der Waals surface area contributed by atoms with Crippen LogP contribution in [0.25, 0.3) is 0 Å². The summed E-state index contributed by atoms with van der Waals surface area (Å²) >= 11 is 0. The Morgan fingerprint density at radius 1 is 1.13 bits per heavy atom. The largest absolute Gasteiger partial charge is 0.496 e. The normalized spacial score (nSPS) is 14.8. The van der Waals surface area contributed by atoms with Crippen LogP contribution in [0.5, 0.6) is 5.75 Å². The van der Waals surface area contributed by atoms with Crippen LogP contribution in [-0.2, 0) is 6.54 Å². The molecule has 2 heterocycles. The molecule has 0 amide bonds. The van der Waals surface area contributed by atoms with Gasteiger partial charge in [0.1, 0.15) is 5.75 Å². The standard InChI is InChI=1S/C21H31N7O.HI/c1-17-5-6-18(19(15-17)29-3)16-26-20(22-2)23-9-10-27-11-13-28(14-12-27)21-24-7-4-8-25-21;/h4-8,15H,9-14,16H2,1-3H3,(H2,22,23,26);1H. The number of nitrogens with zero attached hydrogens (tertiary/aromatic N) is 5. The summed E-state index contributed by atoms with van der Waals surface area (Å²) in [6.07, 6.45) is 3.59. The van der Waals surface area contributed by atoms with Crippen LogP contribution in [0.3, 0.4) is 0 Å². The summed E-state index contributed by atoms with van der Waals surface area (Å²) in [7, 11) is 3.50. The predicted molar refractivity (Wildman–Crippen MR) is 132 cm³/mol. The lowest BCUT2D eigenvalue weighted by molar-refractivity contribution is 0.260. The highest BCUT2D eigenvalue weighted by molar-refractivity contribution is 14.0. The summed E-state index contributed by atoms with van der Waals surface area (Å²) in [6, 6.07) is 8.08. The van der Waals surface area contributed by atoms with Crippen LogP contribution in [0.15, 0.2) is 41.7 Å². The maximum atomic E-state index is 5.47. The molecule has 0 unspecified atom stereocenters. The number of hydrogen-bond acceptors (Lipinski definition) is 6. The van der Waals surface area contributed by atoms with Crippen molar-refractivity contribution in [2.75, 3.05) is 58.3 Å². The molecule has 2 N–H and O–H groups in total. The molecule has 164 valence electrons. The second-order valence-electron chi connectivity index (χ2n) is 7.05. The minimum absolute atomic E-state index is 0. The highest BCUT2D eigenvalue weighted by atomic mass is 127. The Labute approximate surface area is 196 Å². The van der Waals surface area contributed by atoms with Gasteiger partial charge in [-0.2, -0.15) is 0 Å². The molecule has 1 aliphatic heterocycles. The van der Waals surface area contributed by atoms with E-state index in [1.165, 1.54) is 5.56 Å². The topological polar surface area (TPSA) is 77.9 Å². The highest BCUT2D eigenvalue weighted by Crippen LogP contribution is 2.19. The van der Waals surface area contributed by atoms with E-state index in [1.54, 1.807) is 26.6 Å². The lowest BCUT2D eigenvalue weighted by atomic mass is 10.1. The summed E-state index contributed by atoms with van der Waals surface area (Å²) in [5.74, 6) is 2.51. The van der Waals surface area contributed by atoms with E-state index >= 15 is 0 Å². The average molecular weight is 525 g/mol. The number of ether oxygens (including phenoxy) is 1. The number of aliphatic imine (C=N–C) groups is 1. The van der Waals surface area contributed by atoms with E-state index in [2.05, 4.69) is 54.5 Å². The Kier molecular flexibility index (Phi) is 10.1. The van der Waals surface area contributed by atoms with Gasteiger partial charge in [-0.1, -0.05) is 12.1 Å². The van der Waals surface area contributed by atoms with Crippen molar-refractivity contribution in [2.45, 2.75) is 13.5 Å². The number of piperazine rings is 1. The molecule has 1 aromatic carbocycles. The van der Waals surface area contributed by atoms with Crippen molar-refractivity contribution in [3.63, 3.8) is 0 Å². The minimum Gasteiger partial charge on any atom is -0.496 e. The summed E-state index contributed by atoms with van der Waals surface area (Å²) in [6.45, 7) is 8.45. The molecular weight excluding hydrogens is 493 g/mol. The van der Waals surface area contributed by atoms with Gasteiger partial charge in [-0.15, -0.1) is 24.0 Å². The van der Waals surface area contributed by atoms with Crippen LogP contribution in [0.1, 0.15) is 11.1 Å². The molecule has 1 fully saturated rings. The first-order chi connectivity index (χ1) is 14.2. The third-order valence-corrected chi connectivity index (χ3v) is 5.04. The van der Waals surface area contributed by atoms with E-state index in [0.29, 0.717) is 6.54 Å². The number of guanidine groups is 1. The highest BCUT2D eigenvalue weighted by Gasteiger charge is 2.18. The molecule has 30 heavy (non-hydrogen) atoms. The zero-order valence-corrected chi connectivity index (χ0v) is 20.3. The first-order valence-electron chi connectivity index (χ1n) is 10.0. The fraction of sp³-hybridized carbons (Fsp3) is 0.476. The van der Waals surface area contributed by atoms with E-state index < -0.39 is 0 Å². The van der Waals surface area contributed by atoms with Crippen LogP contribution < -0.4 is 20.3 Å². The molecule has 1 aromatic heterocycles. The molecule has 0 aliphatic carbocycles. The molecule has 0 radical (unpaired) electrons. The summed E-state index contributed by atoms with van der Waals surface area (Å²) < 4.78 is 5.47. The Hall–Kier alpha value is -2.14. The number of hydrogen-bond donors (Lipinski definition) is 2. The van der Waals surface area contributed by atoms with E-state index in [0.717, 1.165) is 62.5 Å². The van der Waals surface area contributed by atoms with E-state index in [-0.39, 0.29) is 24.0 Å². The molecule has 0 spiro atoms. The Bertz CT molecular complexity index is 795. The molecule has 0 atom stereocenters. The van der Waals surface area contributed by atoms with E-state index in [9.17, 15) is 0 Å². The van der Waals surface area contributed by atoms with Crippen molar-refractivity contribution >= 4 is 35.9 Å². The maximum Gasteiger partial charge on any atom is 0.225 e. The van der Waals surface area contributed by atoms with Crippen LogP contribution in [0, 0.1) is 6.92 Å². The van der Waals surface area contributed by atoms with Gasteiger partial charge in [0.05, 0.1) is 7.11 Å². The summed E-state index contributed by atoms with van der Waals surface area (Å²) in [4.78, 5) is 17.7. The average Bonchev–Trinajstić information content (AvgIpc) is 2.77. The molecule has 9 heteroatoms. The number of aryl methyl sites for hydroxylation is 1. The lowest BCUT2D eigenvalue weighted by Gasteiger charge is -2.34. The van der Waals surface area contributed by atoms with Crippen LogP contribution >= 0.6 is 24.0 Å². The number of anilines is 1. The van der Waals surface area contributed by atoms with Crippen LogP contribution in [-0.4, -0.2) is 74.3 Å². The zero-order chi connectivity index (χ0) is 20.5. The van der Waals surface area contributed by atoms with Gasteiger partial charge in [0, 0.05) is 70.8 Å². The summed E-state index contributed by atoms with van der Waals surface area (Å²) in [5.41, 5.74) is 2.30. The Morgan fingerprint density at radius 2 is 1.87 bits per heavy atom. The lowest BCUT2D eigenvalue weighted by Crippen LogP contribution is -2.49. The third kappa shape index (κ3) is 6.98. The number of methoxy groups -OCH3 is 1. The number of benzene rings is 1. The van der Waals surface area contributed by atoms with Gasteiger partial charge in [0.2, 0.25) is 5.95 Å². The molecular formula is C21H32IN7O. The maximum absolute atomic E-state index is 5.47. The molecule has 3 rings (SSSR count). The molecule has 0 saturated carbocycles. The van der Waals surface area contributed by atoms with Crippen molar-refractivity contribution in [3.8, 4) is 5.75 Å². The molecule has 1 aliphatic rings. The van der Waals surface area contributed by atoms with Crippen molar-refractivity contribution in [3.05, 3.63) is 47.8 Å². The number of aromatic nitrogens is 2. The molecule has 8 nitrogen and oxygen atoms in total. The fourth-order valence-electron chi connectivity index (χ4n) is 3.36. The third-order valence-electron chi connectivity index (χ3n) is 5.04. The van der Waals surface area contributed by atoms with Crippen molar-refractivity contribution < 1.29 is 4.74 Å². The van der Waals surface area contributed by atoms with Gasteiger partial charge in [-0.3, -0.25) is 9.89 Å². The SMILES string of the molecule is CN=C(NCCN1CCN(c2ncccn2)CC1)NCc1ccc(C)cc1OC.I. The smallest absolute Gasteiger partial charge is 0.225 e.